The number of alkyl halides is 1. The smallest absolute Gasteiger partial charge is 0.131 e. The molecule has 0 aliphatic heterocycles. The number of halogens is 3. The van der Waals surface area contributed by atoms with Crippen molar-refractivity contribution >= 4 is 34.2 Å². The highest BCUT2D eigenvalue weighted by molar-refractivity contribution is 14.1. The molecule has 0 saturated carbocycles. The molecule has 1 aromatic rings. The third kappa shape index (κ3) is 1.79. The van der Waals surface area contributed by atoms with Crippen LogP contribution in [0.2, 0.25) is 0 Å². The Hall–Kier alpha value is 0.1000. The van der Waals surface area contributed by atoms with Crippen LogP contribution in [0.3, 0.4) is 0 Å². The lowest BCUT2D eigenvalue weighted by atomic mass is 10.3. The second-order valence-corrected chi connectivity index (χ2v) is 3.10. The Labute approximate surface area is 76.7 Å². The summed E-state index contributed by atoms with van der Waals surface area (Å²) < 4.78 is 13.4. The van der Waals surface area contributed by atoms with Crippen molar-refractivity contribution in [1.29, 1.82) is 0 Å². The van der Waals surface area contributed by atoms with E-state index in [2.05, 4.69) is 4.98 Å². The van der Waals surface area contributed by atoms with Crippen molar-refractivity contribution in [3.8, 4) is 0 Å². The molecule has 0 bridgehead atoms. The normalized spacial score (nSPS) is 9.90. The highest BCUT2D eigenvalue weighted by Crippen LogP contribution is 2.10. The van der Waals surface area contributed by atoms with Crippen LogP contribution in [0.25, 0.3) is 0 Å². The molecule has 10 heavy (non-hydrogen) atoms. The molecular weight excluding hydrogens is 267 g/mol. The van der Waals surface area contributed by atoms with Gasteiger partial charge in [0.1, 0.15) is 9.52 Å². The van der Waals surface area contributed by atoms with Gasteiger partial charge in [0.05, 0.1) is 5.88 Å². The number of hydrogen-bond acceptors (Lipinski definition) is 1. The van der Waals surface area contributed by atoms with Gasteiger partial charge in [-0.1, -0.05) is 0 Å². The van der Waals surface area contributed by atoms with Crippen molar-refractivity contribution in [2.45, 2.75) is 5.88 Å². The fraction of sp³-hybridized carbons (Fsp3) is 0.167. The minimum absolute atomic E-state index is 0.176. The first-order chi connectivity index (χ1) is 4.74. The Balaban J connectivity index is 3.07. The first-order valence-electron chi connectivity index (χ1n) is 2.60. The molecular formula is C6H4ClFIN. The lowest BCUT2D eigenvalue weighted by Gasteiger charge is -1.95. The van der Waals surface area contributed by atoms with Gasteiger partial charge in [-0.2, -0.15) is 0 Å². The van der Waals surface area contributed by atoms with Gasteiger partial charge in [-0.3, -0.25) is 0 Å². The molecule has 1 heterocycles. The van der Waals surface area contributed by atoms with Crippen LogP contribution in [-0.2, 0) is 5.88 Å². The zero-order valence-corrected chi connectivity index (χ0v) is 7.86. The van der Waals surface area contributed by atoms with E-state index in [0.717, 1.165) is 0 Å². The number of pyridine rings is 1. The maximum Gasteiger partial charge on any atom is 0.131 e. The van der Waals surface area contributed by atoms with Crippen LogP contribution in [0.15, 0.2) is 12.3 Å². The highest BCUT2D eigenvalue weighted by Gasteiger charge is 2.00. The van der Waals surface area contributed by atoms with Crippen molar-refractivity contribution in [3.05, 3.63) is 27.3 Å². The Kier molecular flexibility index (Phi) is 2.85. The Morgan fingerprint density at radius 3 is 2.90 bits per heavy atom. The molecule has 1 aromatic heterocycles. The molecule has 0 aliphatic carbocycles. The summed E-state index contributed by atoms with van der Waals surface area (Å²) in [6.45, 7) is 0. The van der Waals surface area contributed by atoms with Gasteiger partial charge in [0.2, 0.25) is 0 Å². The summed E-state index contributed by atoms with van der Waals surface area (Å²) >= 11 is 7.35. The van der Waals surface area contributed by atoms with Crippen LogP contribution in [0, 0.1) is 9.52 Å². The molecule has 0 fully saturated rings. The summed E-state index contributed by atoms with van der Waals surface area (Å²) in [6, 6.07) is 1.36. The summed E-state index contributed by atoms with van der Waals surface area (Å²) in [6.07, 6.45) is 1.45. The number of hydrogen-bond donors (Lipinski definition) is 0. The van der Waals surface area contributed by atoms with Crippen molar-refractivity contribution in [2.75, 3.05) is 0 Å². The SMILES string of the molecule is Fc1cc(I)ncc1CCl. The summed E-state index contributed by atoms with van der Waals surface area (Å²) in [7, 11) is 0. The van der Waals surface area contributed by atoms with Crippen LogP contribution in [0.1, 0.15) is 5.56 Å². The second-order valence-electron chi connectivity index (χ2n) is 1.73. The van der Waals surface area contributed by atoms with Gasteiger partial charge in [-0.25, -0.2) is 9.37 Å². The predicted octanol–water partition coefficient (Wildman–Crippen LogP) is 2.56. The van der Waals surface area contributed by atoms with E-state index < -0.39 is 0 Å². The van der Waals surface area contributed by atoms with Crippen molar-refractivity contribution in [3.63, 3.8) is 0 Å². The minimum Gasteiger partial charge on any atom is -0.250 e. The topological polar surface area (TPSA) is 12.9 Å². The predicted molar refractivity (Wildman–Crippen MR) is 46.5 cm³/mol. The number of nitrogens with zero attached hydrogens (tertiary/aromatic N) is 1. The molecule has 0 aromatic carbocycles. The van der Waals surface area contributed by atoms with Gasteiger partial charge in [-0.15, -0.1) is 11.6 Å². The van der Waals surface area contributed by atoms with E-state index in [1.807, 2.05) is 22.6 Å². The maximum atomic E-state index is 12.7. The largest absolute Gasteiger partial charge is 0.250 e. The van der Waals surface area contributed by atoms with Crippen LogP contribution in [-0.4, -0.2) is 4.98 Å². The average molecular weight is 271 g/mol. The van der Waals surface area contributed by atoms with E-state index in [1.165, 1.54) is 12.3 Å². The molecule has 0 spiro atoms. The summed E-state index contributed by atoms with van der Waals surface area (Å²) in [5.41, 5.74) is 0.446. The monoisotopic (exact) mass is 271 g/mol. The van der Waals surface area contributed by atoms with E-state index >= 15 is 0 Å². The van der Waals surface area contributed by atoms with E-state index in [1.54, 1.807) is 0 Å². The van der Waals surface area contributed by atoms with Crippen LogP contribution in [0.4, 0.5) is 4.39 Å². The van der Waals surface area contributed by atoms with Crippen molar-refractivity contribution in [1.82, 2.24) is 4.98 Å². The van der Waals surface area contributed by atoms with E-state index in [0.29, 0.717) is 9.26 Å². The van der Waals surface area contributed by atoms with Crippen molar-refractivity contribution < 1.29 is 4.39 Å². The molecule has 0 saturated heterocycles. The van der Waals surface area contributed by atoms with Gasteiger partial charge in [-0.05, 0) is 22.6 Å². The maximum absolute atomic E-state index is 12.7. The standard InChI is InChI=1S/C6H4ClFIN/c7-2-4-3-10-6(9)1-5(4)8/h1,3H,2H2. The van der Waals surface area contributed by atoms with E-state index in [9.17, 15) is 4.39 Å². The highest BCUT2D eigenvalue weighted by atomic mass is 127. The van der Waals surface area contributed by atoms with E-state index in [4.69, 9.17) is 11.6 Å². The minimum atomic E-state index is -0.283. The summed E-state index contributed by atoms with van der Waals surface area (Å²) in [5.74, 6) is -0.107. The number of aromatic nitrogens is 1. The molecule has 0 amide bonds. The first-order valence-corrected chi connectivity index (χ1v) is 4.21. The molecule has 4 heteroatoms. The molecule has 1 rings (SSSR count). The third-order valence-corrected chi connectivity index (χ3v) is 1.92. The molecule has 0 aliphatic rings. The van der Waals surface area contributed by atoms with Crippen LogP contribution in [0.5, 0.6) is 0 Å². The third-order valence-electron chi connectivity index (χ3n) is 1.04. The molecule has 0 atom stereocenters. The molecule has 0 unspecified atom stereocenters. The second kappa shape index (κ2) is 3.48. The fourth-order valence-electron chi connectivity index (χ4n) is 0.534. The summed E-state index contributed by atoms with van der Waals surface area (Å²) in [4.78, 5) is 3.87. The Morgan fingerprint density at radius 1 is 1.70 bits per heavy atom. The van der Waals surface area contributed by atoms with Gasteiger partial charge < -0.3 is 0 Å². The Morgan fingerprint density at radius 2 is 2.40 bits per heavy atom. The van der Waals surface area contributed by atoms with Crippen LogP contribution >= 0.6 is 34.2 Å². The lowest BCUT2D eigenvalue weighted by Crippen LogP contribution is -1.89. The first kappa shape index (κ1) is 8.20. The van der Waals surface area contributed by atoms with Crippen LogP contribution < -0.4 is 0 Å². The zero-order chi connectivity index (χ0) is 7.56. The fourth-order valence-corrected chi connectivity index (χ4v) is 1.14. The van der Waals surface area contributed by atoms with Gasteiger partial charge >= 0.3 is 0 Å². The molecule has 1 nitrogen and oxygen atoms in total. The Bertz CT molecular complexity index is 241. The zero-order valence-electron chi connectivity index (χ0n) is 4.94. The number of rotatable bonds is 1. The average Bonchev–Trinajstić information content (AvgIpc) is 1.88. The van der Waals surface area contributed by atoms with Gasteiger partial charge in [0.25, 0.3) is 0 Å². The quantitative estimate of drug-likeness (QED) is 0.435. The van der Waals surface area contributed by atoms with Gasteiger partial charge in [0.15, 0.2) is 0 Å². The lowest BCUT2D eigenvalue weighted by molar-refractivity contribution is 0.612. The van der Waals surface area contributed by atoms with Crippen molar-refractivity contribution in [2.24, 2.45) is 0 Å². The molecule has 0 radical (unpaired) electrons. The van der Waals surface area contributed by atoms with Gasteiger partial charge in [0, 0.05) is 17.8 Å². The molecule has 0 N–H and O–H groups in total. The molecule has 54 valence electrons. The summed E-state index contributed by atoms with van der Waals surface area (Å²) in [5, 5.41) is 0. The van der Waals surface area contributed by atoms with E-state index in [-0.39, 0.29) is 11.7 Å².